The van der Waals surface area contributed by atoms with Crippen LogP contribution in [0.4, 0.5) is 10.1 Å². The van der Waals surface area contributed by atoms with Crippen LogP contribution >= 0.6 is 11.6 Å². The molecule has 0 fully saturated rings. The summed E-state index contributed by atoms with van der Waals surface area (Å²) in [6, 6.07) is 12.0. The van der Waals surface area contributed by atoms with E-state index < -0.39 is 5.82 Å². The van der Waals surface area contributed by atoms with Crippen LogP contribution in [0, 0.1) is 5.82 Å². The molecular weight excluding hydrogens is 293 g/mol. The Kier molecular flexibility index (Phi) is 3.83. The fourth-order valence-electron chi connectivity index (χ4n) is 1.89. The van der Waals surface area contributed by atoms with Crippen molar-refractivity contribution in [1.82, 2.24) is 9.97 Å². The van der Waals surface area contributed by atoms with E-state index in [0.29, 0.717) is 11.6 Å². The summed E-state index contributed by atoms with van der Waals surface area (Å²) in [4.78, 5) is 8.27. The highest BCUT2D eigenvalue weighted by Gasteiger charge is 2.04. The van der Waals surface area contributed by atoms with E-state index in [1.807, 2.05) is 24.3 Å². The summed E-state index contributed by atoms with van der Waals surface area (Å²) in [6.45, 7) is 0.184. The molecule has 3 aromatic rings. The molecule has 0 aliphatic heterocycles. The average Bonchev–Trinajstić information content (AvgIpc) is 2.51. The summed E-state index contributed by atoms with van der Waals surface area (Å²) in [6.07, 6.45) is 1.45. The van der Waals surface area contributed by atoms with Crippen molar-refractivity contribution in [2.24, 2.45) is 0 Å². The predicted octanol–water partition coefficient (Wildman–Crippen LogP) is 3.87. The van der Waals surface area contributed by atoms with E-state index in [-0.39, 0.29) is 11.8 Å². The van der Waals surface area contributed by atoms with Gasteiger partial charge in [0.2, 0.25) is 5.88 Å². The second-order valence-corrected chi connectivity index (χ2v) is 4.70. The van der Waals surface area contributed by atoms with E-state index in [2.05, 4.69) is 15.3 Å². The standard InChI is InChI=1S/C15H11ClFN3O/c16-12-7-10(5-6-13(12)17)20-9-21-15-11-3-1-2-4-14(11)18-8-19-15/h1-8,20H,9H2. The van der Waals surface area contributed by atoms with E-state index in [1.54, 1.807) is 6.07 Å². The van der Waals surface area contributed by atoms with Crippen LogP contribution in [0.15, 0.2) is 48.8 Å². The third-order valence-electron chi connectivity index (χ3n) is 2.91. The first-order valence-electron chi connectivity index (χ1n) is 6.25. The number of nitrogens with zero attached hydrogens (tertiary/aromatic N) is 2. The maximum absolute atomic E-state index is 13.1. The topological polar surface area (TPSA) is 47.0 Å². The van der Waals surface area contributed by atoms with Crippen molar-refractivity contribution in [1.29, 1.82) is 0 Å². The summed E-state index contributed by atoms with van der Waals surface area (Å²) in [5.41, 5.74) is 1.48. The molecule has 106 valence electrons. The van der Waals surface area contributed by atoms with Crippen LogP contribution in [-0.2, 0) is 0 Å². The molecule has 0 unspecified atom stereocenters. The summed E-state index contributed by atoms with van der Waals surface area (Å²) in [7, 11) is 0. The maximum Gasteiger partial charge on any atom is 0.226 e. The minimum atomic E-state index is -0.454. The zero-order valence-corrected chi connectivity index (χ0v) is 11.6. The number of hydrogen-bond donors (Lipinski definition) is 1. The molecule has 0 spiro atoms. The minimum absolute atomic E-state index is 0.0625. The third-order valence-corrected chi connectivity index (χ3v) is 3.20. The van der Waals surface area contributed by atoms with Gasteiger partial charge in [-0.05, 0) is 30.3 Å². The molecule has 4 nitrogen and oxygen atoms in total. The number of para-hydroxylation sites is 1. The number of halogens is 2. The zero-order valence-electron chi connectivity index (χ0n) is 10.9. The lowest BCUT2D eigenvalue weighted by molar-refractivity contribution is 0.337. The minimum Gasteiger partial charge on any atom is -0.456 e. The van der Waals surface area contributed by atoms with E-state index in [9.17, 15) is 4.39 Å². The van der Waals surface area contributed by atoms with Crippen molar-refractivity contribution < 1.29 is 9.13 Å². The Bertz CT molecular complexity index is 776. The van der Waals surface area contributed by atoms with Crippen LogP contribution in [0.1, 0.15) is 0 Å². The average molecular weight is 304 g/mol. The van der Waals surface area contributed by atoms with Crippen molar-refractivity contribution in [2.75, 3.05) is 12.0 Å². The van der Waals surface area contributed by atoms with Crippen molar-refractivity contribution in [2.45, 2.75) is 0 Å². The number of hydrogen-bond acceptors (Lipinski definition) is 4. The van der Waals surface area contributed by atoms with Gasteiger partial charge in [-0.25, -0.2) is 14.4 Å². The molecule has 0 amide bonds. The normalized spacial score (nSPS) is 10.6. The van der Waals surface area contributed by atoms with Gasteiger partial charge < -0.3 is 10.1 Å². The van der Waals surface area contributed by atoms with Crippen LogP contribution in [0.2, 0.25) is 5.02 Å². The van der Waals surface area contributed by atoms with Gasteiger partial charge in [0.15, 0.2) is 6.73 Å². The summed E-state index contributed by atoms with van der Waals surface area (Å²) in [5.74, 6) is 0.0336. The van der Waals surface area contributed by atoms with E-state index in [1.165, 1.54) is 18.5 Å². The van der Waals surface area contributed by atoms with Crippen molar-refractivity contribution in [3.05, 3.63) is 59.6 Å². The lowest BCUT2D eigenvalue weighted by atomic mass is 10.2. The molecule has 21 heavy (non-hydrogen) atoms. The van der Waals surface area contributed by atoms with Gasteiger partial charge in [0.05, 0.1) is 15.9 Å². The van der Waals surface area contributed by atoms with Crippen LogP contribution in [0.5, 0.6) is 5.88 Å². The quantitative estimate of drug-likeness (QED) is 0.743. The smallest absolute Gasteiger partial charge is 0.226 e. The second-order valence-electron chi connectivity index (χ2n) is 4.29. The van der Waals surface area contributed by atoms with Gasteiger partial charge in [0.25, 0.3) is 0 Å². The highest BCUT2D eigenvalue weighted by molar-refractivity contribution is 6.31. The summed E-state index contributed by atoms with van der Waals surface area (Å²) < 4.78 is 18.6. The molecule has 0 aliphatic rings. The highest BCUT2D eigenvalue weighted by atomic mass is 35.5. The Balaban J connectivity index is 1.70. The lowest BCUT2D eigenvalue weighted by Crippen LogP contribution is -2.10. The molecule has 0 saturated carbocycles. The summed E-state index contributed by atoms with van der Waals surface area (Å²) >= 11 is 5.71. The van der Waals surface area contributed by atoms with Gasteiger partial charge >= 0.3 is 0 Å². The molecule has 1 heterocycles. The highest BCUT2D eigenvalue weighted by Crippen LogP contribution is 2.21. The number of aromatic nitrogens is 2. The number of nitrogens with one attached hydrogen (secondary N) is 1. The van der Waals surface area contributed by atoms with Crippen LogP contribution in [0.3, 0.4) is 0 Å². The monoisotopic (exact) mass is 303 g/mol. The number of rotatable bonds is 4. The largest absolute Gasteiger partial charge is 0.456 e. The Hall–Kier alpha value is -2.40. The number of ether oxygens (including phenoxy) is 1. The molecule has 6 heteroatoms. The van der Waals surface area contributed by atoms with Crippen molar-refractivity contribution in [3.8, 4) is 5.88 Å². The predicted molar refractivity (Wildman–Crippen MR) is 80.1 cm³/mol. The van der Waals surface area contributed by atoms with Crippen molar-refractivity contribution in [3.63, 3.8) is 0 Å². The molecule has 2 aromatic carbocycles. The molecule has 3 rings (SSSR count). The number of benzene rings is 2. The van der Waals surface area contributed by atoms with Gasteiger partial charge in [-0.3, -0.25) is 0 Å². The third kappa shape index (κ3) is 3.03. The Morgan fingerprint density at radius 3 is 2.86 bits per heavy atom. The molecule has 1 N–H and O–H groups in total. The van der Waals surface area contributed by atoms with Gasteiger partial charge in [-0.1, -0.05) is 23.7 Å². The molecule has 0 aliphatic carbocycles. The van der Waals surface area contributed by atoms with Gasteiger partial charge in [0, 0.05) is 5.69 Å². The SMILES string of the molecule is Fc1ccc(NCOc2ncnc3ccccc23)cc1Cl. The fraction of sp³-hybridized carbons (Fsp3) is 0.0667. The fourth-order valence-corrected chi connectivity index (χ4v) is 2.07. The van der Waals surface area contributed by atoms with Crippen LogP contribution < -0.4 is 10.1 Å². The van der Waals surface area contributed by atoms with Gasteiger partial charge in [-0.15, -0.1) is 0 Å². The molecule has 0 saturated heterocycles. The molecule has 0 radical (unpaired) electrons. The van der Waals surface area contributed by atoms with Gasteiger partial charge in [-0.2, -0.15) is 0 Å². The number of anilines is 1. The van der Waals surface area contributed by atoms with E-state index in [4.69, 9.17) is 16.3 Å². The molecule has 0 atom stereocenters. The van der Waals surface area contributed by atoms with E-state index >= 15 is 0 Å². The Morgan fingerprint density at radius 1 is 1.14 bits per heavy atom. The first-order valence-corrected chi connectivity index (χ1v) is 6.63. The lowest BCUT2D eigenvalue weighted by Gasteiger charge is -2.10. The molecule has 1 aromatic heterocycles. The van der Waals surface area contributed by atoms with Gasteiger partial charge in [0.1, 0.15) is 12.1 Å². The number of fused-ring (bicyclic) bond motifs is 1. The first kappa shape index (κ1) is 13.6. The molecule has 0 bridgehead atoms. The first-order chi connectivity index (χ1) is 10.2. The molecular formula is C15H11ClFN3O. The Labute approximate surface area is 125 Å². The van der Waals surface area contributed by atoms with Crippen LogP contribution in [0.25, 0.3) is 10.9 Å². The van der Waals surface area contributed by atoms with Crippen LogP contribution in [-0.4, -0.2) is 16.7 Å². The maximum atomic E-state index is 13.1. The summed E-state index contributed by atoms with van der Waals surface area (Å²) in [5, 5.41) is 3.89. The van der Waals surface area contributed by atoms with E-state index in [0.717, 1.165) is 10.9 Å². The van der Waals surface area contributed by atoms with Crippen molar-refractivity contribution >= 4 is 28.2 Å². The second kappa shape index (κ2) is 5.93. The zero-order chi connectivity index (χ0) is 14.7. The Morgan fingerprint density at radius 2 is 2.00 bits per heavy atom.